The first kappa shape index (κ1) is 15.3. The summed E-state index contributed by atoms with van der Waals surface area (Å²) < 4.78 is 10.3. The smallest absolute Gasteiger partial charge is 0.306 e. The highest BCUT2D eigenvalue weighted by Gasteiger charge is 2.15. The minimum Gasteiger partial charge on any atom is -0.504 e. The third-order valence-electron chi connectivity index (χ3n) is 2.51. The molecule has 1 aromatic rings. The van der Waals surface area contributed by atoms with Gasteiger partial charge in [0.25, 0.3) is 0 Å². The second-order valence-electron chi connectivity index (χ2n) is 5.45. The van der Waals surface area contributed by atoms with Crippen LogP contribution in [0, 0.1) is 0 Å². The first-order chi connectivity index (χ1) is 8.81. The van der Waals surface area contributed by atoms with E-state index < -0.39 is 5.60 Å². The first-order valence-corrected chi connectivity index (χ1v) is 6.39. The molecule has 1 N–H and O–H groups in total. The molecule has 0 fully saturated rings. The van der Waals surface area contributed by atoms with Crippen molar-refractivity contribution in [3.63, 3.8) is 0 Å². The quantitative estimate of drug-likeness (QED) is 0.832. The molecule has 0 radical (unpaired) electrons. The Morgan fingerprint density at radius 1 is 1.32 bits per heavy atom. The highest BCUT2D eigenvalue weighted by atomic mass is 16.6. The molecule has 0 amide bonds. The van der Waals surface area contributed by atoms with Crippen molar-refractivity contribution in [2.75, 3.05) is 7.11 Å². The molecule has 1 aromatic carbocycles. The fourth-order valence-electron chi connectivity index (χ4n) is 1.71. The van der Waals surface area contributed by atoms with Crippen molar-refractivity contribution in [3.05, 3.63) is 23.8 Å². The monoisotopic (exact) mass is 266 g/mol. The van der Waals surface area contributed by atoms with Crippen LogP contribution in [0.2, 0.25) is 0 Å². The van der Waals surface area contributed by atoms with E-state index in [4.69, 9.17) is 9.47 Å². The lowest BCUT2D eigenvalue weighted by Crippen LogP contribution is -2.23. The molecule has 1 rings (SSSR count). The lowest BCUT2D eigenvalue weighted by atomic mass is 10.1. The zero-order valence-electron chi connectivity index (χ0n) is 12.0. The number of methoxy groups -OCH3 is 1. The topological polar surface area (TPSA) is 55.8 Å². The Morgan fingerprint density at radius 3 is 2.58 bits per heavy atom. The second-order valence-corrected chi connectivity index (χ2v) is 5.45. The summed E-state index contributed by atoms with van der Waals surface area (Å²) in [5.41, 5.74) is 0.594. The van der Waals surface area contributed by atoms with Crippen molar-refractivity contribution in [1.82, 2.24) is 0 Å². The van der Waals surface area contributed by atoms with E-state index in [9.17, 15) is 9.90 Å². The molecule has 0 aliphatic rings. The number of rotatable bonds is 5. The van der Waals surface area contributed by atoms with Gasteiger partial charge < -0.3 is 14.6 Å². The number of phenolic OH excluding ortho intramolecular Hbond substituents is 1. The van der Waals surface area contributed by atoms with Crippen LogP contribution in [0.3, 0.4) is 0 Å². The van der Waals surface area contributed by atoms with Crippen LogP contribution >= 0.6 is 0 Å². The Balaban J connectivity index is 2.43. The molecule has 0 unspecified atom stereocenters. The lowest BCUT2D eigenvalue weighted by molar-refractivity contribution is -0.154. The summed E-state index contributed by atoms with van der Waals surface area (Å²) in [5, 5.41) is 9.48. The van der Waals surface area contributed by atoms with E-state index in [0.29, 0.717) is 18.6 Å². The highest BCUT2D eigenvalue weighted by Crippen LogP contribution is 2.26. The fraction of sp³-hybridized carbons (Fsp3) is 0.533. The van der Waals surface area contributed by atoms with Gasteiger partial charge in [0.15, 0.2) is 11.5 Å². The summed E-state index contributed by atoms with van der Waals surface area (Å²) in [5.74, 6) is 0.395. The van der Waals surface area contributed by atoms with Crippen LogP contribution in [0.25, 0.3) is 0 Å². The van der Waals surface area contributed by atoms with Gasteiger partial charge in [0.1, 0.15) is 5.60 Å². The number of aryl methyl sites for hydroxylation is 1. The van der Waals surface area contributed by atoms with Crippen molar-refractivity contribution in [2.24, 2.45) is 0 Å². The van der Waals surface area contributed by atoms with Crippen molar-refractivity contribution < 1.29 is 19.4 Å². The minimum atomic E-state index is -0.432. The molecule has 0 aliphatic carbocycles. The molecule has 4 nitrogen and oxygen atoms in total. The van der Waals surface area contributed by atoms with E-state index in [0.717, 1.165) is 12.0 Å². The largest absolute Gasteiger partial charge is 0.504 e. The average molecular weight is 266 g/mol. The van der Waals surface area contributed by atoms with Crippen molar-refractivity contribution >= 4 is 5.97 Å². The molecular formula is C15H22O4. The molecule has 19 heavy (non-hydrogen) atoms. The van der Waals surface area contributed by atoms with Gasteiger partial charge in [-0.3, -0.25) is 4.79 Å². The lowest BCUT2D eigenvalue weighted by Gasteiger charge is -2.19. The van der Waals surface area contributed by atoms with Crippen LogP contribution in [-0.2, 0) is 16.0 Å². The summed E-state index contributed by atoms with van der Waals surface area (Å²) in [6.07, 6.45) is 1.85. The number of benzene rings is 1. The Kier molecular flexibility index (Phi) is 5.21. The molecule has 106 valence electrons. The molecule has 0 bridgehead atoms. The Hall–Kier alpha value is -1.71. The molecule has 0 saturated carbocycles. The zero-order valence-corrected chi connectivity index (χ0v) is 12.0. The number of carbonyl (C=O) groups is 1. The van der Waals surface area contributed by atoms with Gasteiger partial charge in [0, 0.05) is 6.42 Å². The van der Waals surface area contributed by atoms with Gasteiger partial charge in [-0.1, -0.05) is 6.07 Å². The summed E-state index contributed by atoms with van der Waals surface area (Å²) in [6, 6.07) is 5.21. The minimum absolute atomic E-state index is 0.124. The maximum Gasteiger partial charge on any atom is 0.306 e. The Bertz CT molecular complexity index is 432. The van der Waals surface area contributed by atoms with Gasteiger partial charge in [-0.2, -0.15) is 0 Å². The number of esters is 1. The van der Waals surface area contributed by atoms with E-state index in [1.54, 1.807) is 12.1 Å². The molecule has 4 heteroatoms. The van der Waals surface area contributed by atoms with Gasteiger partial charge in [-0.05, 0) is 51.3 Å². The van der Waals surface area contributed by atoms with Gasteiger partial charge in [-0.15, -0.1) is 0 Å². The molecule has 0 atom stereocenters. The number of hydrogen-bond acceptors (Lipinski definition) is 4. The summed E-state index contributed by atoms with van der Waals surface area (Å²) in [6.45, 7) is 5.57. The van der Waals surface area contributed by atoms with Crippen LogP contribution in [0.5, 0.6) is 11.5 Å². The van der Waals surface area contributed by atoms with Crippen molar-refractivity contribution in [1.29, 1.82) is 0 Å². The first-order valence-electron chi connectivity index (χ1n) is 6.39. The van der Waals surface area contributed by atoms with Gasteiger partial charge in [-0.25, -0.2) is 0 Å². The standard InChI is InChI=1S/C15H22O4/c1-15(2,3)19-14(17)7-5-6-11-8-9-12(16)13(10-11)18-4/h8-10,16H,5-7H2,1-4H3. The number of ether oxygens (including phenoxy) is 2. The summed E-state index contributed by atoms with van der Waals surface area (Å²) in [7, 11) is 1.51. The summed E-state index contributed by atoms with van der Waals surface area (Å²) in [4.78, 5) is 11.5. The predicted octanol–water partition coefficient (Wildman–Crippen LogP) is 3.07. The van der Waals surface area contributed by atoms with Crippen LogP contribution in [0.15, 0.2) is 18.2 Å². The Morgan fingerprint density at radius 2 is 2.00 bits per heavy atom. The maximum atomic E-state index is 11.5. The van der Waals surface area contributed by atoms with Gasteiger partial charge in [0.2, 0.25) is 0 Å². The number of carbonyl (C=O) groups excluding carboxylic acids is 1. The third-order valence-corrected chi connectivity index (χ3v) is 2.51. The van der Waals surface area contributed by atoms with E-state index in [2.05, 4.69) is 0 Å². The number of phenols is 1. The second kappa shape index (κ2) is 6.45. The van der Waals surface area contributed by atoms with Gasteiger partial charge >= 0.3 is 5.97 Å². The van der Waals surface area contributed by atoms with Crippen LogP contribution in [0.1, 0.15) is 39.2 Å². The van der Waals surface area contributed by atoms with Crippen LogP contribution < -0.4 is 4.74 Å². The third kappa shape index (κ3) is 5.64. The molecular weight excluding hydrogens is 244 g/mol. The van der Waals surface area contributed by atoms with E-state index in [-0.39, 0.29) is 11.7 Å². The Labute approximate surface area is 114 Å². The molecule has 0 spiro atoms. The predicted molar refractivity (Wildman–Crippen MR) is 73.4 cm³/mol. The van der Waals surface area contributed by atoms with Gasteiger partial charge in [0.05, 0.1) is 7.11 Å². The number of aromatic hydroxyl groups is 1. The molecule has 0 aliphatic heterocycles. The van der Waals surface area contributed by atoms with Crippen molar-refractivity contribution in [2.45, 2.75) is 45.6 Å². The number of hydrogen-bond donors (Lipinski definition) is 1. The fourth-order valence-corrected chi connectivity index (χ4v) is 1.71. The zero-order chi connectivity index (χ0) is 14.5. The van der Waals surface area contributed by atoms with Crippen LogP contribution in [0.4, 0.5) is 0 Å². The van der Waals surface area contributed by atoms with Crippen molar-refractivity contribution in [3.8, 4) is 11.5 Å². The highest BCUT2D eigenvalue weighted by molar-refractivity contribution is 5.69. The van der Waals surface area contributed by atoms with E-state index >= 15 is 0 Å². The molecule has 0 heterocycles. The van der Waals surface area contributed by atoms with E-state index in [1.807, 2.05) is 26.8 Å². The maximum absolute atomic E-state index is 11.5. The average Bonchev–Trinajstić information content (AvgIpc) is 2.29. The van der Waals surface area contributed by atoms with Crippen LogP contribution in [-0.4, -0.2) is 23.8 Å². The molecule has 0 saturated heterocycles. The normalized spacial score (nSPS) is 11.2. The summed E-state index contributed by atoms with van der Waals surface area (Å²) >= 11 is 0. The SMILES string of the molecule is COc1cc(CCCC(=O)OC(C)(C)C)ccc1O. The molecule has 0 aromatic heterocycles. The van der Waals surface area contributed by atoms with E-state index in [1.165, 1.54) is 7.11 Å².